The highest BCUT2D eigenvalue weighted by Crippen LogP contribution is 2.28. The maximum Gasteiger partial charge on any atom is 0.341 e. The quantitative estimate of drug-likeness (QED) is 0.291. The minimum absolute atomic E-state index is 0.754. The first-order valence-electron chi connectivity index (χ1n) is 4.55. The highest BCUT2D eigenvalue weighted by Gasteiger charge is 2.24. The van der Waals surface area contributed by atoms with E-state index in [9.17, 15) is 0 Å². The largest absolute Gasteiger partial charge is 0.341 e. The predicted octanol–water partition coefficient (Wildman–Crippen LogP) is 5.62. The van der Waals surface area contributed by atoms with Crippen LogP contribution in [0.2, 0.25) is 24.2 Å². The molecule has 0 aromatic rings. The Labute approximate surface area is 124 Å². The fraction of sp³-hybridized carbons (Fsp3) is 1.00. The molecule has 0 heterocycles. The molecule has 0 amide bonds. The molecule has 15 heavy (non-hydrogen) atoms. The summed E-state index contributed by atoms with van der Waals surface area (Å²) in [6.45, 7) is 0. The smallest absolute Gasteiger partial charge is 0.126 e. The van der Waals surface area contributed by atoms with Crippen molar-refractivity contribution in [2.75, 3.05) is 0 Å². The van der Waals surface area contributed by atoms with E-state index in [2.05, 4.69) is 0 Å². The Bertz CT molecular complexity index is 147. The van der Waals surface area contributed by atoms with E-state index < -0.39 is 12.0 Å². The highest BCUT2D eigenvalue weighted by atomic mass is 35.8. The fourth-order valence-electron chi connectivity index (χ4n) is 0.953. The zero-order chi connectivity index (χ0) is 11.9. The van der Waals surface area contributed by atoms with Gasteiger partial charge in [0.2, 0.25) is 0 Å². The van der Waals surface area contributed by atoms with Gasteiger partial charge >= 0.3 is 12.0 Å². The van der Waals surface area contributed by atoms with Crippen LogP contribution in [0.5, 0.6) is 0 Å². The maximum atomic E-state index is 5.76. The molecule has 0 aliphatic heterocycles. The predicted molar refractivity (Wildman–Crippen MR) is 80.8 cm³/mol. The third-order valence-corrected chi connectivity index (χ3v) is 8.28. The summed E-state index contributed by atoms with van der Waals surface area (Å²) in [7, 11) is 0.897. The Morgan fingerprint density at radius 2 is 1.00 bits per heavy atom. The van der Waals surface area contributed by atoms with Crippen LogP contribution < -0.4 is 0 Å². The van der Waals surface area contributed by atoms with Crippen molar-refractivity contribution < 1.29 is 0 Å². The normalized spacial score (nSPS) is 13.2. The first-order valence-corrected chi connectivity index (χ1v) is 16.4. The molecule has 0 saturated carbocycles. The van der Waals surface area contributed by atoms with Gasteiger partial charge in [-0.3, -0.25) is 0 Å². The van der Waals surface area contributed by atoms with Crippen molar-refractivity contribution in [1.82, 2.24) is 0 Å². The lowest BCUT2D eigenvalue weighted by molar-refractivity contribution is 1.01. The van der Waals surface area contributed by atoms with Crippen LogP contribution in [0, 0.1) is 0 Å². The van der Waals surface area contributed by atoms with Gasteiger partial charge in [-0.25, -0.2) is 0 Å². The number of hydrogen-bond donors (Lipinski definition) is 0. The van der Waals surface area contributed by atoms with Crippen molar-refractivity contribution in [2.45, 2.75) is 37.0 Å². The minimum Gasteiger partial charge on any atom is -0.126 e. The Morgan fingerprint density at radius 3 is 1.27 bits per heavy atom. The Hall–Kier alpha value is 2.39. The molecule has 9 heteroatoms. The van der Waals surface area contributed by atoms with E-state index in [1.54, 1.807) is 0 Å². The van der Waals surface area contributed by atoms with Gasteiger partial charge in [0.1, 0.15) is 0 Å². The van der Waals surface area contributed by atoms with Gasteiger partial charge in [-0.1, -0.05) is 24.9 Å². The van der Waals surface area contributed by atoms with Crippen molar-refractivity contribution in [2.24, 2.45) is 0 Å². The summed E-state index contributed by atoms with van der Waals surface area (Å²) in [6.07, 6.45) is 2.01. The summed E-state index contributed by atoms with van der Waals surface area (Å²) in [5.41, 5.74) is 0. The highest BCUT2D eigenvalue weighted by molar-refractivity contribution is 7.65. The van der Waals surface area contributed by atoms with E-state index in [1.165, 1.54) is 0 Å². The molecule has 0 rings (SSSR count). The monoisotopic (exact) mass is 378 g/mol. The van der Waals surface area contributed by atoms with Gasteiger partial charge in [-0.15, -0.1) is 66.5 Å². The van der Waals surface area contributed by atoms with Gasteiger partial charge in [-0.2, -0.15) is 0 Å². The van der Waals surface area contributed by atoms with E-state index >= 15 is 0 Å². The SMILES string of the molecule is Cl[Si](Cl)(Cl)CCC[Si]CCC[Si](Cl)(Cl)Cl. The second-order valence-corrected chi connectivity index (χ2v) is 23.2. The summed E-state index contributed by atoms with van der Waals surface area (Å²) < 4.78 is 0. The first-order chi connectivity index (χ1) is 6.71. The molecule has 90 valence electrons. The van der Waals surface area contributed by atoms with Crippen molar-refractivity contribution in [3.63, 3.8) is 0 Å². The summed E-state index contributed by atoms with van der Waals surface area (Å²) in [5, 5.41) is 0. The van der Waals surface area contributed by atoms with E-state index in [4.69, 9.17) is 66.5 Å². The molecule has 0 aromatic heterocycles. The average Bonchev–Trinajstić information content (AvgIpc) is 1.98. The zero-order valence-electron chi connectivity index (χ0n) is 8.01. The second-order valence-electron chi connectivity index (χ2n) is 3.19. The van der Waals surface area contributed by atoms with Crippen LogP contribution in [0.3, 0.4) is 0 Å². The van der Waals surface area contributed by atoms with E-state index in [-0.39, 0.29) is 0 Å². The summed E-state index contributed by atoms with van der Waals surface area (Å²) in [5.74, 6) is 0. The van der Waals surface area contributed by atoms with Gasteiger partial charge < -0.3 is 0 Å². The van der Waals surface area contributed by atoms with Crippen LogP contribution in [0.4, 0.5) is 0 Å². The summed E-state index contributed by atoms with van der Waals surface area (Å²) in [4.78, 5) is 0. The number of halogens is 6. The molecule has 0 aromatic carbocycles. The molecule has 0 atom stereocenters. The average molecular weight is 381 g/mol. The number of hydrogen-bond acceptors (Lipinski definition) is 0. The topological polar surface area (TPSA) is 0 Å². The molecule has 0 aliphatic rings. The molecule has 0 aliphatic carbocycles. The van der Waals surface area contributed by atoms with Crippen molar-refractivity contribution in [3.05, 3.63) is 0 Å². The van der Waals surface area contributed by atoms with Crippen LogP contribution in [0.1, 0.15) is 12.8 Å². The molecule has 0 spiro atoms. The minimum atomic E-state index is -2.39. The Kier molecular flexibility index (Phi) is 9.84. The lowest BCUT2D eigenvalue weighted by atomic mass is 10.6. The van der Waals surface area contributed by atoms with Gasteiger partial charge in [-0.05, 0) is 12.1 Å². The van der Waals surface area contributed by atoms with Crippen LogP contribution in [0.25, 0.3) is 0 Å². The van der Waals surface area contributed by atoms with Crippen LogP contribution in [-0.4, -0.2) is 21.5 Å². The lowest BCUT2D eigenvalue weighted by Crippen LogP contribution is -2.09. The van der Waals surface area contributed by atoms with E-state index in [0.717, 1.165) is 46.5 Å². The van der Waals surface area contributed by atoms with Crippen LogP contribution in [0.15, 0.2) is 0 Å². The van der Waals surface area contributed by atoms with E-state index in [0.29, 0.717) is 0 Å². The van der Waals surface area contributed by atoms with Crippen molar-refractivity contribution in [3.8, 4) is 0 Å². The lowest BCUT2D eigenvalue weighted by Gasteiger charge is -2.07. The molecule has 0 fully saturated rings. The molecular formula is C6H12Cl6Si3. The fourth-order valence-corrected chi connectivity index (χ4v) is 6.32. The molecule has 0 unspecified atom stereocenters. The van der Waals surface area contributed by atoms with E-state index in [1.807, 2.05) is 0 Å². The van der Waals surface area contributed by atoms with Gasteiger partial charge in [0.05, 0.1) is 0 Å². The first kappa shape index (κ1) is 17.4. The van der Waals surface area contributed by atoms with Crippen molar-refractivity contribution in [1.29, 1.82) is 0 Å². The maximum absolute atomic E-state index is 5.76. The number of rotatable bonds is 8. The molecular weight excluding hydrogens is 369 g/mol. The van der Waals surface area contributed by atoms with Crippen LogP contribution in [-0.2, 0) is 0 Å². The molecule has 0 bridgehead atoms. The molecule has 2 radical (unpaired) electrons. The Morgan fingerprint density at radius 1 is 0.667 bits per heavy atom. The third-order valence-electron chi connectivity index (χ3n) is 1.63. The summed E-state index contributed by atoms with van der Waals surface area (Å²) in [6, 6.07) is -1.02. The zero-order valence-corrected chi connectivity index (χ0v) is 15.5. The molecule has 0 N–H and O–H groups in total. The van der Waals surface area contributed by atoms with Gasteiger partial charge in [0.15, 0.2) is 0 Å². The standard InChI is InChI=1S/C6H12Cl6Si3/c7-14(8,9)5-1-3-13-4-2-6-15(10,11)12/h1-6H2. The third kappa shape index (κ3) is 16.4. The summed E-state index contributed by atoms with van der Waals surface area (Å²) >= 11 is 34.6. The van der Waals surface area contributed by atoms with Gasteiger partial charge in [0.25, 0.3) is 0 Å². The Balaban J connectivity index is 3.20. The molecule has 0 nitrogen and oxygen atoms in total. The van der Waals surface area contributed by atoms with Crippen molar-refractivity contribution >= 4 is 88.0 Å². The molecule has 0 saturated heterocycles. The van der Waals surface area contributed by atoms with Gasteiger partial charge in [0, 0.05) is 9.52 Å². The van der Waals surface area contributed by atoms with Crippen LogP contribution >= 0.6 is 66.5 Å². The second kappa shape index (κ2) is 8.49.